The Bertz CT molecular complexity index is 791. The van der Waals surface area contributed by atoms with Gasteiger partial charge in [-0.15, -0.1) is 0 Å². The summed E-state index contributed by atoms with van der Waals surface area (Å²) in [5, 5.41) is 0.549. The maximum atomic E-state index is 4.75. The summed E-state index contributed by atoms with van der Waals surface area (Å²) in [6.07, 6.45) is 10.2. The van der Waals surface area contributed by atoms with E-state index in [0.717, 1.165) is 37.4 Å². The lowest BCUT2D eigenvalue weighted by atomic mass is 10.1. The third-order valence-electron chi connectivity index (χ3n) is 4.45. The molecule has 0 aliphatic rings. The minimum Gasteiger partial charge on any atom is -0.333 e. The van der Waals surface area contributed by atoms with Crippen molar-refractivity contribution in [3.05, 3.63) is 60.6 Å². The molecule has 0 N–H and O–H groups in total. The third kappa shape index (κ3) is 4.15. The second-order valence-electron chi connectivity index (χ2n) is 6.32. The number of aryl methyl sites for hydroxylation is 1. The van der Waals surface area contributed by atoms with E-state index >= 15 is 0 Å². The van der Waals surface area contributed by atoms with Gasteiger partial charge in [0.25, 0.3) is 0 Å². The van der Waals surface area contributed by atoms with Gasteiger partial charge in [-0.05, 0) is 12.7 Å². The van der Waals surface area contributed by atoms with E-state index in [9.17, 15) is 0 Å². The zero-order chi connectivity index (χ0) is 17.6. The number of hydrogen-bond acceptors (Lipinski definition) is 3. The molecule has 1 atom stereocenters. The summed E-state index contributed by atoms with van der Waals surface area (Å²) in [5.74, 6) is 1.09. The quantitative estimate of drug-likeness (QED) is 0.597. The number of thioether (sulfide) groups is 1. The molecule has 2 heterocycles. The Morgan fingerprint density at radius 1 is 1.12 bits per heavy atom. The van der Waals surface area contributed by atoms with E-state index in [-0.39, 0.29) is 0 Å². The molecule has 132 valence electrons. The highest BCUT2D eigenvalue weighted by molar-refractivity contribution is 7.99. The molecule has 1 aromatic carbocycles. The third-order valence-corrected chi connectivity index (χ3v) is 5.43. The maximum absolute atomic E-state index is 4.75. The van der Waals surface area contributed by atoms with Crippen LogP contribution < -0.4 is 0 Å². The largest absolute Gasteiger partial charge is 0.333 e. The van der Waals surface area contributed by atoms with Crippen LogP contribution in [0.1, 0.15) is 31.8 Å². The molecule has 0 amide bonds. The van der Waals surface area contributed by atoms with Gasteiger partial charge in [-0.2, -0.15) is 11.8 Å². The van der Waals surface area contributed by atoms with Crippen LogP contribution in [0.15, 0.2) is 49.1 Å². The van der Waals surface area contributed by atoms with Crippen LogP contribution in [0.3, 0.4) is 0 Å². The molecular weight excluding hydrogens is 328 g/mol. The molecule has 0 saturated carbocycles. The van der Waals surface area contributed by atoms with E-state index in [4.69, 9.17) is 4.98 Å². The monoisotopic (exact) mass is 354 g/mol. The maximum Gasteiger partial charge on any atom is 0.128 e. The molecule has 0 spiro atoms. The molecular formula is C20H26N4S. The summed E-state index contributed by atoms with van der Waals surface area (Å²) in [5.41, 5.74) is 3.57. The van der Waals surface area contributed by atoms with Gasteiger partial charge in [-0.25, -0.2) is 9.97 Å². The van der Waals surface area contributed by atoms with Gasteiger partial charge in [0.2, 0.25) is 0 Å². The average molecular weight is 355 g/mol. The number of benzene rings is 1. The fourth-order valence-electron chi connectivity index (χ4n) is 3.04. The minimum absolute atomic E-state index is 0.549. The Hall–Kier alpha value is -2.01. The number of aromatic nitrogens is 4. The summed E-state index contributed by atoms with van der Waals surface area (Å²) < 4.78 is 4.51. The Morgan fingerprint density at radius 2 is 1.92 bits per heavy atom. The average Bonchev–Trinajstić information content (AvgIpc) is 3.24. The molecule has 5 heteroatoms. The van der Waals surface area contributed by atoms with Gasteiger partial charge < -0.3 is 9.13 Å². The van der Waals surface area contributed by atoms with E-state index in [1.807, 2.05) is 30.4 Å². The van der Waals surface area contributed by atoms with Gasteiger partial charge >= 0.3 is 0 Å². The molecule has 25 heavy (non-hydrogen) atoms. The van der Waals surface area contributed by atoms with Crippen LogP contribution in [0, 0.1) is 0 Å². The first-order chi connectivity index (χ1) is 12.2. The molecule has 0 aliphatic heterocycles. The summed E-state index contributed by atoms with van der Waals surface area (Å²) in [6, 6.07) is 10.5. The first-order valence-corrected chi connectivity index (χ1v) is 10.1. The standard InChI is InChI=1S/C20H26N4S/c1-4-11-23-12-10-21-19(23)14-24-15-22-20(17-8-6-5-7-9-17)18(24)13-16(2)25-3/h5-10,12,15-16H,4,11,13-14H2,1-3H3/t16-/m1/s1. The van der Waals surface area contributed by atoms with Crippen LogP contribution in [-0.2, 0) is 19.5 Å². The van der Waals surface area contributed by atoms with Crippen LogP contribution in [0.5, 0.6) is 0 Å². The van der Waals surface area contributed by atoms with Crippen molar-refractivity contribution in [3.8, 4) is 11.3 Å². The van der Waals surface area contributed by atoms with Crippen LogP contribution in [0.2, 0.25) is 0 Å². The Kier molecular flexibility index (Phi) is 5.97. The molecule has 0 bridgehead atoms. The lowest BCUT2D eigenvalue weighted by molar-refractivity contribution is 0.602. The number of hydrogen-bond donors (Lipinski definition) is 0. The fourth-order valence-corrected chi connectivity index (χ4v) is 3.36. The molecule has 0 radical (unpaired) electrons. The SMILES string of the molecule is CCCn1ccnc1Cn1cnc(-c2ccccc2)c1C[C@@H](C)SC. The van der Waals surface area contributed by atoms with Crippen molar-refractivity contribution in [1.29, 1.82) is 0 Å². The molecule has 3 rings (SSSR count). The molecule has 0 fully saturated rings. The van der Waals surface area contributed by atoms with Gasteiger partial charge in [-0.1, -0.05) is 44.2 Å². The predicted octanol–water partition coefficient (Wildman–Crippen LogP) is 4.50. The van der Waals surface area contributed by atoms with E-state index in [0.29, 0.717) is 5.25 Å². The number of imidazole rings is 2. The van der Waals surface area contributed by atoms with Gasteiger partial charge in [0.15, 0.2) is 0 Å². The van der Waals surface area contributed by atoms with Crippen LogP contribution in [0.25, 0.3) is 11.3 Å². The first kappa shape index (κ1) is 17.8. The second-order valence-corrected chi connectivity index (χ2v) is 7.60. The van der Waals surface area contributed by atoms with Crippen molar-refractivity contribution in [2.75, 3.05) is 6.26 Å². The smallest absolute Gasteiger partial charge is 0.128 e. The van der Waals surface area contributed by atoms with E-state index in [1.165, 1.54) is 11.3 Å². The van der Waals surface area contributed by atoms with Gasteiger partial charge in [0, 0.05) is 41.9 Å². The minimum atomic E-state index is 0.549. The van der Waals surface area contributed by atoms with E-state index < -0.39 is 0 Å². The molecule has 2 aromatic heterocycles. The Labute approximate surface area is 154 Å². The van der Waals surface area contributed by atoms with E-state index in [2.05, 4.69) is 64.7 Å². The van der Waals surface area contributed by atoms with Gasteiger partial charge in [0.05, 0.1) is 18.6 Å². The summed E-state index contributed by atoms with van der Waals surface area (Å²) in [6.45, 7) is 6.24. The van der Waals surface area contributed by atoms with Crippen molar-refractivity contribution in [2.24, 2.45) is 0 Å². The normalized spacial score (nSPS) is 12.4. The van der Waals surface area contributed by atoms with Crippen molar-refractivity contribution >= 4 is 11.8 Å². The zero-order valence-corrected chi connectivity index (χ0v) is 16.0. The Balaban J connectivity index is 1.95. The predicted molar refractivity (Wildman–Crippen MR) is 106 cm³/mol. The van der Waals surface area contributed by atoms with Crippen molar-refractivity contribution < 1.29 is 0 Å². The van der Waals surface area contributed by atoms with Crippen LogP contribution in [-0.4, -0.2) is 30.6 Å². The fraction of sp³-hybridized carbons (Fsp3) is 0.400. The Morgan fingerprint density at radius 3 is 2.64 bits per heavy atom. The molecule has 3 aromatic rings. The van der Waals surface area contributed by atoms with E-state index in [1.54, 1.807) is 0 Å². The molecule has 0 saturated heterocycles. The number of rotatable bonds is 8. The highest BCUT2D eigenvalue weighted by Gasteiger charge is 2.16. The molecule has 4 nitrogen and oxygen atoms in total. The van der Waals surface area contributed by atoms with Crippen LogP contribution in [0.4, 0.5) is 0 Å². The summed E-state index contributed by atoms with van der Waals surface area (Å²) in [7, 11) is 0. The molecule has 0 aliphatic carbocycles. The lowest BCUT2D eigenvalue weighted by Gasteiger charge is -2.14. The van der Waals surface area contributed by atoms with Crippen LogP contribution >= 0.6 is 11.8 Å². The van der Waals surface area contributed by atoms with Crippen molar-refractivity contribution in [2.45, 2.75) is 45.0 Å². The lowest BCUT2D eigenvalue weighted by Crippen LogP contribution is -2.13. The second kappa shape index (κ2) is 8.39. The highest BCUT2D eigenvalue weighted by Crippen LogP contribution is 2.26. The summed E-state index contributed by atoms with van der Waals surface area (Å²) >= 11 is 1.89. The van der Waals surface area contributed by atoms with Crippen molar-refractivity contribution in [1.82, 2.24) is 19.1 Å². The zero-order valence-electron chi connectivity index (χ0n) is 15.2. The summed E-state index contributed by atoms with van der Waals surface area (Å²) in [4.78, 5) is 9.31. The highest BCUT2D eigenvalue weighted by atomic mass is 32.2. The topological polar surface area (TPSA) is 35.6 Å². The first-order valence-electron chi connectivity index (χ1n) is 8.85. The van der Waals surface area contributed by atoms with Crippen molar-refractivity contribution in [3.63, 3.8) is 0 Å². The van der Waals surface area contributed by atoms with Gasteiger partial charge in [0.1, 0.15) is 5.82 Å². The molecule has 0 unspecified atom stereocenters. The number of nitrogens with zero attached hydrogens (tertiary/aromatic N) is 4. The van der Waals surface area contributed by atoms with Gasteiger partial charge in [-0.3, -0.25) is 0 Å².